The lowest BCUT2D eigenvalue weighted by Gasteiger charge is -2.35. The van der Waals surface area contributed by atoms with Crippen LogP contribution in [0, 0.1) is 20.8 Å². The summed E-state index contributed by atoms with van der Waals surface area (Å²) in [6.07, 6.45) is 0. The minimum absolute atomic E-state index is 0.504. The Morgan fingerprint density at radius 2 is 0.628 bits per heavy atom. The molecule has 2 atom stereocenters. The minimum Gasteiger partial charge on any atom is -0.0622 e. The lowest BCUT2D eigenvalue weighted by Crippen LogP contribution is -2.29. The summed E-state index contributed by atoms with van der Waals surface area (Å²) in [5.41, 5.74) is 30.3. The van der Waals surface area contributed by atoms with Gasteiger partial charge in [-0.1, -0.05) is 284 Å². The van der Waals surface area contributed by atoms with Gasteiger partial charge in [0.25, 0.3) is 0 Å². The molecule has 0 aliphatic heterocycles. The number of rotatable bonds is 8. The third-order valence-electron chi connectivity index (χ3n) is 17.9. The summed E-state index contributed by atoms with van der Waals surface area (Å²) in [6, 6.07) is 108. The first-order valence-electron chi connectivity index (χ1n) is 27.6. The number of hydrogen-bond acceptors (Lipinski definition) is 0. The van der Waals surface area contributed by atoms with E-state index in [-0.39, 0.29) is 0 Å². The zero-order chi connectivity index (χ0) is 52.2. The quantitative estimate of drug-likeness (QED) is 0.142. The molecule has 12 aromatic carbocycles. The van der Waals surface area contributed by atoms with Gasteiger partial charge in [0.15, 0.2) is 0 Å². The zero-order valence-corrected chi connectivity index (χ0v) is 44.1. The highest BCUT2D eigenvalue weighted by molar-refractivity contribution is 5.99. The van der Waals surface area contributed by atoms with Crippen LogP contribution in [0.15, 0.2) is 285 Å². The van der Waals surface area contributed by atoms with Gasteiger partial charge in [0.2, 0.25) is 0 Å². The van der Waals surface area contributed by atoms with E-state index < -0.39 is 16.2 Å². The summed E-state index contributed by atoms with van der Waals surface area (Å²) in [7, 11) is 0. The zero-order valence-electron chi connectivity index (χ0n) is 44.1. The van der Waals surface area contributed by atoms with Gasteiger partial charge in [-0.25, -0.2) is 0 Å². The van der Waals surface area contributed by atoms with Gasteiger partial charge in [-0.15, -0.1) is 0 Å². The molecule has 0 saturated heterocycles. The largest absolute Gasteiger partial charge is 0.0716 e. The van der Waals surface area contributed by atoms with Crippen molar-refractivity contribution >= 4 is 0 Å². The van der Waals surface area contributed by atoms with Crippen LogP contribution in [-0.4, -0.2) is 0 Å². The van der Waals surface area contributed by atoms with Crippen molar-refractivity contribution in [1.29, 1.82) is 0 Å². The Labute approximate surface area is 458 Å². The van der Waals surface area contributed by atoms with Gasteiger partial charge >= 0.3 is 0 Å². The number of fused-ring (bicyclic) bond motifs is 9. The summed E-state index contributed by atoms with van der Waals surface area (Å²) in [6.45, 7) is 6.80. The summed E-state index contributed by atoms with van der Waals surface area (Å²) >= 11 is 0. The Kier molecular flexibility index (Phi) is 10.4. The first-order valence-corrected chi connectivity index (χ1v) is 27.6. The van der Waals surface area contributed by atoms with Crippen LogP contribution < -0.4 is 0 Å². The third-order valence-corrected chi connectivity index (χ3v) is 17.9. The molecule has 78 heavy (non-hydrogen) atoms. The standard InChI is InChI=1S/C78H56/c1-51-44-45-70-67(46-51)63-37-16-18-41-68(63)76(70,56-27-8-4-9-28-56)60-35-22-26-55(50-60)66-47-52(2)48-72-74(66)64-38-17-19-42-69(64)77(72,57-29-10-5-11-30-57)61-36-21-25-54(49-61)62-39-23-43-71-73(62)65-40-20-24-53(3)75(65)78(71,58-31-12-6-13-32-58)59-33-14-7-15-34-59/h4-50H,1-3H3. The highest BCUT2D eigenvalue weighted by atomic mass is 14.5. The molecule has 0 N–H and O–H groups in total. The van der Waals surface area contributed by atoms with Crippen molar-refractivity contribution in [3.63, 3.8) is 0 Å². The predicted octanol–water partition coefficient (Wildman–Crippen LogP) is 19.0. The molecule has 0 amide bonds. The highest BCUT2D eigenvalue weighted by Crippen LogP contribution is 2.63. The summed E-state index contributed by atoms with van der Waals surface area (Å²) in [5.74, 6) is 0. The van der Waals surface area contributed by atoms with Crippen LogP contribution in [0.25, 0.3) is 55.6 Å². The van der Waals surface area contributed by atoms with Crippen molar-refractivity contribution in [2.45, 2.75) is 37.0 Å². The van der Waals surface area contributed by atoms with E-state index in [0.717, 1.165) is 0 Å². The summed E-state index contributed by atoms with van der Waals surface area (Å²) in [5, 5.41) is 0. The van der Waals surface area contributed by atoms with Crippen molar-refractivity contribution < 1.29 is 0 Å². The van der Waals surface area contributed by atoms with Crippen LogP contribution in [0.3, 0.4) is 0 Å². The lowest BCUT2D eigenvalue weighted by atomic mass is 9.66. The van der Waals surface area contributed by atoms with Gasteiger partial charge in [0.05, 0.1) is 16.2 Å². The van der Waals surface area contributed by atoms with E-state index in [9.17, 15) is 0 Å². The molecule has 0 heterocycles. The minimum atomic E-state index is -0.641. The third kappa shape index (κ3) is 6.29. The second-order valence-electron chi connectivity index (χ2n) is 22.0. The van der Waals surface area contributed by atoms with E-state index in [2.05, 4.69) is 306 Å². The van der Waals surface area contributed by atoms with E-state index in [1.165, 1.54) is 139 Å². The maximum atomic E-state index is 2.53. The van der Waals surface area contributed by atoms with Crippen molar-refractivity contribution in [3.8, 4) is 55.6 Å². The number of aryl methyl sites for hydroxylation is 3. The molecular weight excluding hydrogens is 937 g/mol. The molecule has 0 bridgehead atoms. The molecule has 3 aliphatic rings. The molecule has 0 heteroatoms. The average molecular weight is 993 g/mol. The van der Waals surface area contributed by atoms with Gasteiger partial charge in [-0.05, 0) is 161 Å². The topological polar surface area (TPSA) is 0 Å². The fourth-order valence-electron chi connectivity index (χ4n) is 15.0. The number of hydrogen-bond donors (Lipinski definition) is 0. The molecule has 0 radical (unpaired) electrons. The maximum absolute atomic E-state index is 2.53. The van der Waals surface area contributed by atoms with Crippen LogP contribution in [-0.2, 0) is 16.2 Å². The molecule has 2 unspecified atom stereocenters. The first-order chi connectivity index (χ1) is 38.4. The molecule has 368 valence electrons. The van der Waals surface area contributed by atoms with Gasteiger partial charge in [-0.3, -0.25) is 0 Å². The molecule has 0 spiro atoms. The van der Waals surface area contributed by atoms with Gasteiger partial charge in [-0.2, -0.15) is 0 Å². The first kappa shape index (κ1) is 46.0. The SMILES string of the molecule is Cc1ccc2c(c1)-c1ccccc1C2(c1ccccc1)c1cccc(-c2cc(C)cc3c2-c2ccccc2C3(c2ccccc2)c2cccc(-c3cccc4c3-c3cccc(C)c3C4(c3ccccc3)c3ccccc3)c2)c1. The normalized spacial score (nSPS) is 16.9. The molecule has 12 aromatic rings. The fraction of sp³-hybridized carbons (Fsp3) is 0.0769. The molecule has 15 rings (SSSR count). The van der Waals surface area contributed by atoms with Crippen LogP contribution in [0.1, 0.15) is 83.5 Å². The van der Waals surface area contributed by atoms with Crippen molar-refractivity contribution in [3.05, 3.63) is 369 Å². The Morgan fingerprint density at radius 3 is 1.24 bits per heavy atom. The van der Waals surface area contributed by atoms with Crippen LogP contribution in [0.5, 0.6) is 0 Å². The Morgan fingerprint density at radius 1 is 0.218 bits per heavy atom. The monoisotopic (exact) mass is 992 g/mol. The Hall–Kier alpha value is -9.36. The van der Waals surface area contributed by atoms with Crippen molar-refractivity contribution in [2.24, 2.45) is 0 Å². The van der Waals surface area contributed by atoms with E-state index in [1.807, 2.05) is 0 Å². The van der Waals surface area contributed by atoms with E-state index in [4.69, 9.17) is 0 Å². The second-order valence-corrected chi connectivity index (χ2v) is 22.0. The van der Waals surface area contributed by atoms with Crippen LogP contribution in [0.2, 0.25) is 0 Å². The van der Waals surface area contributed by atoms with E-state index in [1.54, 1.807) is 0 Å². The van der Waals surface area contributed by atoms with Gasteiger partial charge in [0, 0.05) is 0 Å². The van der Waals surface area contributed by atoms with Crippen molar-refractivity contribution in [1.82, 2.24) is 0 Å². The molecule has 0 nitrogen and oxygen atoms in total. The highest BCUT2D eigenvalue weighted by Gasteiger charge is 2.51. The smallest absolute Gasteiger partial charge is 0.0622 e. The average Bonchev–Trinajstić information content (AvgIpc) is 3.39. The second kappa shape index (κ2) is 17.6. The Bertz CT molecular complexity index is 4300. The molecule has 3 aliphatic carbocycles. The van der Waals surface area contributed by atoms with Crippen LogP contribution >= 0.6 is 0 Å². The maximum Gasteiger partial charge on any atom is 0.0716 e. The molecule has 0 saturated carbocycles. The van der Waals surface area contributed by atoms with Crippen molar-refractivity contribution in [2.75, 3.05) is 0 Å². The van der Waals surface area contributed by atoms with E-state index >= 15 is 0 Å². The predicted molar refractivity (Wildman–Crippen MR) is 323 cm³/mol. The fourth-order valence-corrected chi connectivity index (χ4v) is 15.0. The number of benzene rings is 12. The van der Waals surface area contributed by atoms with Crippen LogP contribution in [0.4, 0.5) is 0 Å². The van der Waals surface area contributed by atoms with Gasteiger partial charge < -0.3 is 0 Å². The summed E-state index contributed by atoms with van der Waals surface area (Å²) < 4.78 is 0. The molecular formula is C78H56. The molecule has 0 fully saturated rings. The van der Waals surface area contributed by atoms with E-state index in [0.29, 0.717) is 0 Å². The lowest BCUT2D eigenvalue weighted by molar-refractivity contribution is 0.762. The summed E-state index contributed by atoms with van der Waals surface area (Å²) in [4.78, 5) is 0. The Balaban J connectivity index is 0.969. The van der Waals surface area contributed by atoms with Gasteiger partial charge in [0.1, 0.15) is 0 Å². The molecule has 0 aromatic heterocycles.